The molecule has 1 atom stereocenters. The lowest BCUT2D eigenvalue weighted by atomic mass is 10.0. The van der Waals surface area contributed by atoms with Crippen LogP contribution in [-0.4, -0.2) is 43.0 Å². The smallest absolute Gasteiger partial charge is 0.261 e. The molecule has 2 rings (SSSR count). The summed E-state index contributed by atoms with van der Waals surface area (Å²) in [6.07, 6.45) is 1.35. The second-order valence-corrected chi connectivity index (χ2v) is 8.10. The van der Waals surface area contributed by atoms with Crippen molar-refractivity contribution in [1.29, 1.82) is 0 Å². The summed E-state index contributed by atoms with van der Waals surface area (Å²) < 4.78 is 11.0. The van der Waals surface area contributed by atoms with E-state index in [-0.39, 0.29) is 18.4 Å². The Hall–Kier alpha value is -3.02. The molecule has 0 saturated carbocycles. The maximum Gasteiger partial charge on any atom is 0.261 e. The molecule has 1 unspecified atom stereocenters. The number of hydrogen-bond acceptors (Lipinski definition) is 4. The predicted octanol–water partition coefficient (Wildman–Crippen LogP) is 4.53. The number of benzene rings is 2. The third kappa shape index (κ3) is 7.29. The average Bonchev–Trinajstić information content (AvgIpc) is 2.81. The molecule has 174 valence electrons. The zero-order valence-corrected chi connectivity index (χ0v) is 19.9. The number of ether oxygens (including phenoxy) is 2. The van der Waals surface area contributed by atoms with Crippen LogP contribution in [0.1, 0.15) is 57.6 Å². The van der Waals surface area contributed by atoms with Crippen molar-refractivity contribution in [3.63, 3.8) is 0 Å². The molecule has 0 fully saturated rings. The normalized spacial score (nSPS) is 11.7. The molecule has 2 aromatic rings. The minimum atomic E-state index is -0.567. The molecule has 6 heteroatoms. The first-order chi connectivity index (χ1) is 15.4. The third-order valence-electron chi connectivity index (χ3n) is 5.36. The van der Waals surface area contributed by atoms with E-state index in [0.717, 1.165) is 17.7 Å². The predicted molar refractivity (Wildman–Crippen MR) is 127 cm³/mol. The second-order valence-electron chi connectivity index (χ2n) is 8.10. The van der Waals surface area contributed by atoms with E-state index in [1.165, 1.54) is 5.56 Å². The van der Waals surface area contributed by atoms with Gasteiger partial charge in [-0.25, -0.2) is 0 Å². The highest BCUT2D eigenvalue weighted by atomic mass is 16.5. The first-order valence-electron chi connectivity index (χ1n) is 11.3. The van der Waals surface area contributed by atoms with Gasteiger partial charge in [-0.15, -0.1) is 0 Å². The SMILES string of the molecule is CCCNC(=O)C(CC)N(Cc1ccc(OC)cc1)C(=O)COc1ccc(C(C)C)cc1. The van der Waals surface area contributed by atoms with Crippen molar-refractivity contribution in [1.82, 2.24) is 10.2 Å². The molecule has 0 spiro atoms. The summed E-state index contributed by atoms with van der Waals surface area (Å²) in [5.74, 6) is 1.44. The van der Waals surface area contributed by atoms with Gasteiger partial charge in [0.25, 0.3) is 5.91 Å². The number of amides is 2. The van der Waals surface area contributed by atoms with Gasteiger partial charge in [0.15, 0.2) is 6.61 Å². The number of methoxy groups -OCH3 is 1. The molecule has 32 heavy (non-hydrogen) atoms. The molecule has 0 heterocycles. The van der Waals surface area contributed by atoms with E-state index in [1.54, 1.807) is 12.0 Å². The average molecular weight is 441 g/mol. The van der Waals surface area contributed by atoms with Gasteiger partial charge in [0.05, 0.1) is 7.11 Å². The lowest BCUT2D eigenvalue weighted by Crippen LogP contribution is -2.50. The van der Waals surface area contributed by atoms with Crippen molar-refractivity contribution >= 4 is 11.8 Å². The molecule has 0 aliphatic carbocycles. The fraction of sp³-hybridized carbons (Fsp3) is 0.462. The van der Waals surface area contributed by atoms with E-state index in [1.807, 2.05) is 62.4 Å². The van der Waals surface area contributed by atoms with E-state index in [9.17, 15) is 9.59 Å². The number of nitrogens with one attached hydrogen (secondary N) is 1. The van der Waals surface area contributed by atoms with Gasteiger partial charge in [0.2, 0.25) is 5.91 Å². The van der Waals surface area contributed by atoms with E-state index < -0.39 is 6.04 Å². The number of rotatable bonds is 12. The molecule has 0 bridgehead atoms. The summed E-state index contributed by atoms with van der Waals surface area (Å²) in [6, 6.07) is 14.7. The van der Waals surface area contributed by atoms with Crippen molar-refractivity contribution in [3.05, 3.63) is 59.7 Å². The van der Waals surface area contributed by atoms with Gasteiger partial charge in [-0.3, -0.25) is 9.59 Å². The number of carbonyl (C=O) groups is 2. The maximum atomic E-state index is 13.2. The van der Waals surface area contributed by atoms with Gasteiger partial charge in [0, 0.05) is 13.1 Å². The van der Waals surface area contributed by atoms with Crippen LogP contribution in [0, 0.1) is 0 Å². The van der Waals surface area contributed by atoms with Gasteiger partial charge in [-0.05, 0) is 54.2 Å². The van der Waals surface area contributed by atoms with Crippen LogP contribution in [0.2, 0.25) is 0 Å². The monoisotopic (exact) mass is 440 g/mol. The molecule has 0 radical (unpaired) electrons. The first-order valence-corrected chi connectivity index (χ1v) is 11.3. The Morgan fingerprint density at radius 1 is 0.969 bits per heavy atom. The minimum absolute atomic E-state index is 0.130. The molecule has 6 nitrogen and oxygen atoms in total. The molecule has 0 saturated heterocycles. The highest BCUT2D eigenvalue weighted by Crippen LogP contribution is 2.20. The van der Waals surface area contributed by atoms with Crippen molar-refractivity contribution in [3.8, 4) is 11.5 Å². The Bertz CT molecular complexity index is 847. The van der Waals surface area contributed by atoms with Crippen molar-refractivity contribution in [2.24, 2.45) is 0 Å². The van der Waals surface area contributed by atoms with Gasteiger partial charge >= 0.3 is 0 Å². The third-order valence-corrected chi connectivity index (χ3v) is 5.36. The largest absolute Gasteiger partial charge is 0.497 e. The zero-order valence-electron chi connectivity index (χ0n) is 19.9. The van der Waals surface area contributed by atoms with E-state index in [4.69, 9.17) is 9.47 Å². The van der Waals surface area contributed by atoms with Crippen LogP contribution in [-0.2, 0) is 16.1 Å². The Morgan fingerprint density at radius 3 is 2.12 bits per heavy atom. The Labute approximate surface area is 191 Å². The lowest BCUT2D eigenvalue weighted by Gasteiger charge is -2.30. The molecular formula is C26H36N2O4. The highest BCUT2D eigenvalue weighted by molar-refractivity contribution is 5.88. The summed E-state index contributed by atoms with van der Waals surface area (Å²) in [4.78, 5) is 27.6. The number of carbonyl (C=O) groups excluding carboxylic acids is 2. The first kappa shape index (κ1) is 25.2. The summed E-state index contributed by atoms with van der Waals surface area (Å²) >= 11 is 0. The number of hydrogen-bond donors (Lipinski definition) is 1. The van der Waals surface area contributed by atoms with Crippen LogP contribution in [0.3, 0.4) is 0 Å². The van der Waals surface area contributed by atoms with Gasteiger partial charge in [0.1, 0.15) is 17.5 Å². The minimum Gasteiger partial charge on any atom is -0.497 e. The summed E-state index contributed by atoms with van der Waals surface area (Å²) in [6.45, 7) is 8.94. The zero-order chi connectivity index (χ0) is 23.5. The van der Waals surface area contributed by atoms with Gasteiger partial charge < -0.3 is 19.7 Å². The van der Waals surface area contributed by atoms with Crippen LogP contribution in [0.15, 0.2) is 48.5 Å². The van der Waals surface area contributed by atoms with Crippen LogP contribution >= 0.6 is 0 Å². The molecule has 0 aromatic heterocycles. The molecular weight excluding hydrogens is 404 g/mol. The van der Waals surface area contributed by atoms with E-state index in [2.05, 4.69) is 19.2 Å². The Kier molecular flexibility index (Phi) is 10.1. The molecule has 1 N–H and O–H groups in total. The van der Waals surface area contributed by atoms with E-state index >= 15 is 0 Å². The fourth-order valence-electron chi connectivity index (χ4n) is 3.39. The molecule has 2 aromatic carbocycles. The summed E-state index contributed by atoms with van der Waals surface area (Å²) in [7, 11) is 1.61. The van der Waals surface area contributed by atoms with Crippen molar-refractivity contribution in [2.45, 2.75) is 59.0 Å². The quantitative estimate of drug-likeness (QED) is 0.526. The fourth-order valence-corrected chi connectivity index (χ4v) is 3.39. The maximum absolute atomic E-state index is 13.2. The number of nitrogens with zero attached hydrogens (tertiary/aromatic N) is 1. The molecule has 2 amide bonds. The summed E-state index contributed by atoms with van der Waals surface area (Å²) in [5.41, 5.74) is 2.13. The Morgan fingerprint density at radius 2 is 1.59 bits per heavy atom. The van der Waals surface area contributed by atoms with Gasteiger partial charge in [-0.1, -0.05) is 52.0 Å². The molecule has 0 aliphatic heterocycles. The second kappa shape index (κ2) is 12.7. The van der Waals surface area contributed by atoms with Gasteiger partial charge in [-0.2, -0.15) is 0 Å². The van der Waals surface area contributed by atoms with Crippen LogP contribution in [0.5, 0.6) is 11.5 Å². The topological polar surface area (TPSA) is 67.9 Å². The van der Waals surface area contributed by atoms with Crippen LogP contribution < -0.4 is 14.8 Å². The lowest BCUT2D eigenvalue weighted by molar-refractivity contribution is -0.143. The van der Waals surface area contributed by atoms with Crippen LogP contribution in [0.25, 0.3) is 0 Å². The Balaban J connectivity index is 2.16. The molecule has 0 aliphatic rings. The van der Waals surface area contributed by atoms with Crippen LogP contribution in [0.4, 0.5) is 0 Å². The highest BCUT2D eigenvalue weighted by Gasteiger charge is 2.28. The summed E-state index contributed by atoms with van der Waals surface area (Å²) in [5, 5.41) is 2.92. The van der Waals surface area contributed by atoms with E-state index in [0.29, 0.717) is 31.2 Å². The standard InChI is InChI=1S/C26H36N2O4/c1-6-16-27-26(30)24(7-2)28(17-20-8-12-22(31-5)13-9-20)25(29)18-32-23-14-10-21(11-15-23)19(3)4/h8-15,19,24H,6-7,16-18H2,1-5H3,(H,27,30). The van der Waals surface area contributed by atoms with Crippen molar-refractivity contribution in [2.75, 3.05) is 20.3 Å². The van der Waals surface area contributed by atoms with Crippen molar-refractivity contribution < 1.29 is 19.1 Å².